The van der Waals surface area contributed by atoms with Crippen molar-refractivity contribution in [3.05, 3.63) is 24.3 Å². The van der Waals surface area contributed by atoms with Gasteiger partial charge in [0.25, 0.3) is 0 Å². The molecule has 1 aromatic rings. The summed E-state index contributed by atoms with van der Waals surface area (Å²) in [7, 11) is 0. The highest BCUT2D eigenvalue weighted by molar-refractivity contribution is 5.96. The van der Waals surface area contributed by atoms with E-state index >= 15 is 0 Å². The molecule has 2 amide bonds. The number of hydrogen-bond acceptors (Lipinski definition) is 3. The van der Waals surface area contributed by atoms with Crippen molar-refractivity contribution in [2.75, 3.05) is 36.4 Å². The Labute approximate surface area is 150 Å². The van der Waals surface area contributed by atoms with E-state index in [-0.39, 0.29) is 31.3 Å². The van der Waals surface area contributed by atoms with E-state index in [1.165, 1.54) is 0 Å². The van der Waals surface area contributed by atoms with Crippen LogP contribution in [0.15, 0.2) is 24.3 Å². The molecular weight excluding hydrogens is 347 g/mol. The first-order chi connectivity index (χ1) is 12.3. The average Bonchev–Trinajstić information content (AvgIpc) is 3.01. The van der Waals surface area contributed by atoms with Gasteiger partial charge in [-0.1, -0.05) is 0 Å². The molecule has 0 radical (unpaired) electrons. The van der Waals surface area contributed by atoms with Crippen molar-refractivity contribution >= 4 is 23.2 Å². The Hall–Kier alpha value is -2.09. The van der Waals surface area contributed by atoms with Crippen LogP contribution in [-0.4, -0.2) is 49.1 Å². The van der Waals surface area contributed by atoms with Crippen LogP contribution in [0.1, 0.15) is 25.7 Å². The maximum Gasteiger partial charge on any atom is 0.393 e. The normalized spacial score (nSPS) is 21.9. The van der Waals surface area contributed by atoms with Crippen molar-refractivity contribution in [2.45, 2.75) is 31.9 Å². The predicted octanol–water partition coefficient (Wildman–Crippen LogP) is 3.03. The largest absolute Gasteiger partial charge is 0.393 e. The van der Waals surface area contributed by atoms with E-state index in [4.69, 9.17) is 0 Å². The number of nitrogens with one attached hydrogen (secondary N) is 1. The highest BCUT2D eigenvalue weighted by Crippen LogP contribution is 2.33. The van der Waals surface area contributed by atoms with Crippen LogP contribution >= 0.6 is 0 Å². The summed E-state index contributed by atoms with van der Waals surface area (Å²) >= 11 is 0. The van der Waals surface area contributed by atoms with Gasteiger partial charge in [0.15, 0.2) is 0 Å². The van der Waals surface area contributed by atoms with Crippen LogP contribution in [0.2, 0.25) is 0 Å². The third kappa shape index (κ3) is 4.55. The molecule has 0 spiro atoms. The van der Waals surface area contributed by atoms with E-state index < -0.39 is 12.1 Å². The molecule has 0 saturated carbocycles. The molecule has 5 nitrogen and oxygen atoms in total. The summed E-state index contributed by atoms with van der Waals surface area (Å²) in [6.07, 6.45) is -2.26. The molecule has 2 saturated heterocycles. The molecule has 8 heteroatoms. The van der Waals surface area contributed by atoms with E-state index in [1.807, 2.05) is 0 Å². The number of rotatable bonds is 4. The van der Waals surface area contributed by atoms with Gasteiger partial charge in [-0.15, -0.1) is 0 Å². The van der Waals surface area contributed by atoms with Crippen LogP contribution in [0.5, 0.6) is 0 Å². The van der Waals surface area contributed by atoms with Gasteiger partial charge in [-0.25, -0.2) is 0 Å². The van der Waals surface area contributed by atoms with Crippen molar-refractivity contribution in [3.8, 4) is 0 Å². The second kappa shape index (κ2) is 7.65. The topological polar surface area (TPSA) is 52.7 Å². The van der Waals surface area contributed by atoms with E-state index in [2.05, 4.69) is 5.32 Å². The Morgan fingerprint density at radius 3 is 2.50 bits per heavy atom. The monoisotopic (exact) mass is 369 g/mol. The van der Waals surface area contributed by atoms with Gasteiger partial charge in [0.05, 0.1) is 12.5 Å². The second-order valence-corrected chi connectivity index (χ2v) is 6.86. The summed E-state index contributed by atoms with van der Waals surface area (Å²) in [6.45, 7) is 1.00. The molecule has 0 aliphatic carbocycles. The number of alkyl halides is 3. The number of likely N-dealkylation sites (tertiary alicyclic amines) is 1. The van der Waals surface area contributed by atoms with Crippen LogP contribution < -0.4 is 10.2 Å². The van der Waals surface area contributed by atoms with Crippen LogP contribution in [0.25, 0.3) is 0 Å². The van der Waals surface area contributed by atoms with Crippen molar-refractivity contribution in [1.82, 2.24) is 4.90 Å². The number of hydrogen-bond donors (Lipinski definition) is 1. The molecule has 26 heavy (non-hydrogen) atoms. The minimum absolute atomic E-state index is 0.0566. The number of halogens is 3. The van der Waals surface area contributed by atoms with Crippen LogP contribution in [0, 0.1) is 5.92 Å². The van der Waals surface area contributed by atoms with Gasteiger partial charge in [0, 0.05) is 30.9 Å². The molecule has 0 bridgehead atoms. The lowest BCUT2D eigenvalue weighted by Gasteiger charge is -2.33. The van der Waals surface area contributed by atoms with Crippen molar-refractivity contribution in [2.24, 2.45) is 5.92 Å². The number of nitrogens with zero attached hydrogens (tertiary/aromatic N) is 2. The maximum atomic E-state index is 12.8. The van der Waals surface area contributed by atoms with Crippen molar-refractivity contribution in [1.29, 1.82) is 0 Å². The smallest absolute Gasteiger partial charge is 0.325 e. The third-order valence-corrected chi connectivity index (χ3v) is 4.87. The minimum atomic E-state index is -4.21. The first-order valence-electron chi connectivity index (χ1n) is 8.82. The van der Waals surface area contributed by atoms with E-state index in [0.717, 1.165) is 12.1 Å². The van der Waals surface area contributed by atoms with Crippen molar-refractivity contribution < 1.29 is 22.8 Å². The summed E-state index contributed by atoms with van der Waals surface area (Å²) in [5.41, 5.74) is 1.35. The molecule has 1 unspecified atom stereocenters. The summed E-state index contributed by atoms with van der Waals surface area (Å²) in [6, 6.07) is 6.93. The van der Waals surface area contributed by atoms with E-state index in [0.29, 0.717) is 31.6 Å². The van der Waals surface area contributed by atoms with Gasteiger partial charge in [0.1, 0.15) is 0 Å². The Bertz CT molecular complexity index is 661. The molecular formula is C18H22F3N3O2. The number of anilines is 2. The fourth-order valence-electron chi connectivity index (χ4n) is 3.52. The zero-order valence-corrected chi connectivity index (χ0v) is 14.4. The quantitative estimate of drug-likeness (QED) is 0.888. The lowest BCUT2D eigenvalue weighted by Crippen LogP contribution is -2.44. The van der Waals surface area contributed by atoms with E-state index in [9.17, 15) is 22.8 Å². The molecule has 2 aliphatic heterocycles. The number of benzene rings is 1. The Morgan fingerprint density at radius 2 is 1.88 bits per heavy atom. The lowest BCUT2D eigenvalue weighted by atomic mass is 9.97. The molecule has 1 atom stereocenters. The molecule has 142 valence electrons. The summed E-state index contributed by atoms with van der Waals surface area (Å²) in [5, 5.41) is 2.71. The van der Waals surface area contributed by atoms with Gasteiger partial charge in [0.2, 0.25) is 11.8 Å². The number of carbonyl (C=O) groups excluding carboxylic acids is 2. The summed E-state index contributed by atoms with van der Waals surface area (Å²) < 4.78 is 38.5. The SMILES string of the molecule is O=C(CN1CCCC(C(F)(F)F)C1)Nc1ccc(N2CCCC2=O)cc1. The van der Waals surface area contributed by atoms with Gasteiger partial charge >= 0.3 is 6.18 Å². The molecule has 1 aromatic carbocycles. The van der Waals surface area contributed by atoms with Crippen molar-refractivity contribution in [3.63, 3.8) is 0 Å². The first-order valence-corrected chi connectivity index (χ1v) is 8.82. The predicted molar refractivity (Wildman–Crippen MR) is 91.9 cm³/mol. The molecule has 3 rings (SSSR count). The fourth-order valence-corrected chi connectivity index (χ4v) is 3.52. The van der Waals surface area contributed by atoms with Crippen LogP contribution in [-0.2, 0) is 9.59 Å². The Kier molecular flexibility index (Phi) is 5.50. The third-order valence-electron chi connectivity index (χ3n) is 4.87. The average molecular weight is 369 g/mol. The summed E-state index contributed by atoms with van der Waals surface area (Å²) in [5.74, 6) is -1.61. The highest BCUT2D eigenvalue weighted by Gasteiger charge is 2.41. The molecule has 0 aromatic heterocycles. The fraction of sp³-hybridized carbons (Fsp3) is 0.556. The first kappa shape index (κ1) is 18.7. The van der Waals surface area contributed by atoms with Crippen LogP contribution in [0.3, 0.4) is 0 Å². The second-order valence-electron chi connectivity index (χ2n) is 6.86. The standard InChI is InChI=1S/C18H22F3N3O2/c19-18(20,21)13-3-1-9-23(11-13)12-16(25)22-14-5-7-15(8-6-14)24-10-2-4-17(24)26/h5-8,13H,1-4,9-12H2,(H,22,25). The van der Waals surface area contributed by atoms with E-state index in [1.54, 1.807) is 34.1 Å². The lowest BCUT2D eigenvalue weighted by molar-refractivity contribution is -0.186. The Balaban J connectivity index is 1.52. The number of amides is 2. The van der Waals surface area contributed by atoms with Gasteiger partial charge < -0.3 is 10.2 Å². The molecule has 2 fully saturated rings. The highest BCUT2D eigenvalue weighted by atomic mass is 19.4. The zero-order valence-electron chi connectivity index (χ0n) is 14.4. The molecule has 2 heterocycles. The van der Waals surface area contributed by atoms with Gasteiger partial charge in [-0.3, -0.25) is 14.5 Å². The maximum absolute atomic E-state index is 12.8. The minimum Gasteiger partial charge on any atom is -0.325 e. The zero-order chi connectivity index (χ0) is 18.7. The molecule has 2 aliphatic rings. The molecule has 1 N–H and O–H groups in total. The Morgan fingerprint density at radius 1 is 1.15 bits per heavy atom. The van der Waals surface area contributed by atoms with Gasteiger partial charge in [-0.2, -0.15) is 13.2 Å². The number of piperidine rings is 1. The number of carbonyl (C=O) groups is 2. The summed E-state index contributed by atoms with van der Waals surface area (Å²) in [4.78, 5) is 27.1. The van der Waals surface area contributed by atoms with Gasteiger partial charge in [-0.05, 0) is 50.1 Å². The van der Waals surface area contributed by atoms with Crippen LogP contribution in [0.4, 0.5) is 24.5 Å².